The van der Waals surface area contributed by atoms with Crippen LogP contribution in [0.3, 0.4) is 0 Å². The van der Waals surface area contributed by atoms with Crippen molar-refractivity contribution in [1.29, 1.82) is 0 Å². The number of nitrogens with two attached hydrogens (primary N) is 1. The third-order valence-corrected chi connectivity index (χ3v) is 3.13. The van der Waals surface area contributed by atoms with Crippen LogP contribution in [-0.4, -0.2) is 11.0 Å². The molecule has 1 aliphatic carbocycles. The van der Waals surface area contributed by atoms with Crippen molar-refractivity contribution in [2.24, 2.45) is 0 Å². The molecule has 0 bridgehead atoms. The van der Waals surface area contributed by atoms with Crippen LogP contribution in [0.5, 0.6) is 0 Å². The van der Waals surface area contributed by atoms with E-state index >= 15 is 0 Å². The van der Waals surface area contributed by atoms with Gasteiger partial charge in [0.15, 0.2) is 5.58 Å². The highest BCUT2D eigenvalue weighted by atomic mass is 16.4. The fourth-order valence-electron chi connectivity index (χ4n) is 2.28. The van der Waals surface area contributed by atoms with Gasteiger partial charge in [-0.1, -0.05) is 18.9 Å². The van der Waals surface area contributed by atoms with Crippen molar-refractivity contribution in [2.75, 3.05) is 11.1 Å². The van der Waals surface area contributed by atoms with Crippen molar-refractivity contribution in [2.45, 2.75) is 31.7 Å². The Bertz CT molecular complexity index is 500. The maximum atomic E-state index is 5.83. The van der Waals surface area contributed by atoms with Crippen LogP contribution < -0.4 is 11.1 Å². The second-order valence-corrected chi connectivity index (χ2v) is 4.34. The minimum Gasteiger partial charge on any atom is -0.423 e. The Morgan fingerprint density at radius 1 is 1.31 bits per heavy atom. The number of para-hydroxylation sites is 1. The molecule has 4 nitrogen and oxygen atoms in total. The van der Waals surface area contributed by atoms with Gasteiger partial charge in [-0.25, -0.2) is 0 Å². The largest absolute Gasteiger partial charge is 0.423 e. The first-order valence-electron chi connectivity index (χ1n) is 5.74. The lowest BCUT2D eigenvalue weighted by Crippen LogP contribution is -2.14. The summed E-state index contributed by atoms with van der Waals surface area (Å²) in [5.74, 6) is 0. The van der Waals surface area contributed by atoms with Gasteiger partial charge in [0.2, 0.25) is 0 Å². The lowest BCUT2D eigenvalue weighted by Gasteiger charge is -2.07. The summed E-state index contributed by atoms with van der Waals surface area (Å²) < 4.78 is 5.61. The maximum Gasteiger partial charge on any atom is 0.295 e. The lowest BCUT2D eigenvalue weighted by molar-refractivity contribution is 0.594. The lowest BCUT2D eigenvalue weighted by atomic mass is 10.3. The molecule has 1 saturated carbocycles. The zero-order valence-corrected chi connectivity index (χ0v) is 9.07. The molecule has 0 aliphatic heterocycles. The molecule has 84 valence electrons. The van der Waals surface area contributed by atoms with Crippen molar-refractivity contribution < 1.29 is 4.42 Å². The fraction of sp³-hybridized carbons (Fsp3) is 0.417. The highest BCUT2D eigenvalue weighted by Crippen LogP contribution is 2.26. The molecule has 1 aliphatic rings. The number of aromatic nitrogens is 1. The average molecular weight is 217 g/mol. The van der Waals surface area contributed by atoms with Crippen LogP contribution in [0.2, 0.25) is 0 Å². The molecule has 3 N–H and O–H groups in total. The molecule has 0 unspecified atom stereocenters. The molecule has 0 atom stereocenters. The Kier molecular flexibility index (Phi) is 2.20. The van der Waals surface area contributed by atoms with E-state index in [0.29, 0.717) is 17.7 Å². The molecule has 1 aromatic carbocycles. The van der Waals surface area contributed by atoms with E-state index in [1.807, 2.05) is 18.2 Å². The van der Waals surface area contributed by atoms with E-state index in [2.05, 4.69) is 10.3 Å². The van der Waals surface area contributed by atoms with E-state index in [0.717, 1.165) is 11.1 Å². The molecule has 16 heavy (non-hydrogen) atoms. The minimum absolute atomic E-state index is 0.509. The van der Waals surface area contributed by atoms with Crippen LogP contribution in [-0.2, 0) is 0 Å². The molecule has 1 aromatic heterocycles. The summed E-state index contributed by atoms with van der Waals surface area (Å²) in [7, 11) is 0. The van der Waals surface area contributed by atoms with Crippen molar-refractivity contribution in [3.63, 3.8) is 0 Å². The van der Waals surface area contributed by atoms with Crippen molar-refractivity contribution in [3.8, 4) is 0 Å². The zero-order valence-electron chi connectivity index (χ0n) is 9.07. The smallest absolute Gasteiger partial charge is 0.295 e. The molecular weight excluding hydrogens is 202 g/mol. The molecule has 3 rings (SSSR count). The standard InChI is InChI=1S/C12H15N3O/c13-9-6-3-7-10-11(9)15-12(16-10)14-8-4-1-2-5-8/h3,6-8H,1-2,4-5,13H2,(H,14,15). The highest BCUT2D eigenvalue weighted by Gasteiger charge is 2.17. The minimum atomic E-state index is 0.509. The molecule has 2 aromatic rings. The SMILES string of the molecule is Nc1cccc2oc(NC3CCCC3)nc12. The van der Waals surface area contributed by atoms with E-state index in [1.165, 1.54) is 25.7 Å². The highest BCUT2D eigenvalue weighted by molar-refractivity contribution is 5.86. The molecule has 0 radical (unpaired) electrons. The van der Waals surface area contributed by atoms with Gasteiger partial charge in [-0.2, -0.15) is 4.98 Å². The van der Waals surface area contributed by atoms with Gasteiger partial charge in [-0.3, -0.25) is 0 Å². The first-order chi connectivity index (χ1) is 7.83. The fourth-order valence-corrected chi connectivity index (χ4v) is 2.28. The Morgan fingerprint density at radius 2 is 2.12 bits per heavy atom. The quantitative estimate of drug-likeness (QED) is 0.759. The summed E-state index contributed by atoms with van der Waals surface area (Å²) in [4.78, 5) is 4.37. The average Bonchev–Trinajstić information content (AvgIpc) is 2.88. The van der Waals surface area contributed by atoms with Crippen LogP contribution in [0.25, 0.3) is 11.1 Å². The van der Waals surface area contributed by atoms with Crippen molar-refractivity contribution in [3.05, 3.63) is 18.2 Å². The topological polar surface area (TPSA) is 64.1 Å². The third kappa shape index (κ3) is 1.60. The number of oxazole rings is 1. The summed E-state index contributed by atoms with van der Waals surface area (Å²) in [6, 6.07) is 6.71. The molecule has 1 heterocycles. The van der Waals surface area contributed by atoms with Gasteiger partial charge in [0, 0.05) is 6.04 Å². The zero-order chi connectivity index (χ0) is 11.0. The molecule has 0 saturated heterocycles. The van der Waals surface area contributed by atoms with Crippen LogP contribution in [0, 0.1) is 0 Å². The van der Waals surface area contributed by atoms with Crippen LogP contribution >= 0.6 is 0 Å². The molecular formula is C12H15N3O. The van der Waals surface area contributed by atoms with Crippen molar-refractivity contribution >= 4 is 22.8 Å². The summed E-state index contributed by atoms with van der Waals surface area (Å²) >= 11 is 0. The van der Waals surface area contributed by atoms with Gasteiger partial charge in [-0.05, 0) is 25.0 Å². The third-order valence-electron chi connectivity index (χ3n) is 3.13. The van der Waals surface area contributed by atoms with E-state index in [4.69, 9.17) is 10.2 Å². The number of fused-ring (bicyclic) bond motifs is 1. The normalized spacial score (nSPS) is 17.0. The van der Waals surface area contributed by atoms with E-state index in [1.54, 1.807) is 0 Å². The number of anilines is 2. The van der Waals surface area contributed by atoms with E-state index < -0.39 is 0 Å². The van der Waals surface area contributed by atoms with E-state index in [9.17, 15) is 0 Å². The number of benzene rings is 1. The number of hydrogen-bond acceptors (Lipinski definition) is 4. The predicted octanol–water partition coefficient (Wildman–Crippen LogP) is 2.76. The van der Waals surface area contributed by atoms with Gasteiger partial charge >= 0.3 is 0 Å². The summed E-state index contributed by atoms with van der Waals surface area (Å²) in [6.45, 7) is 0. The molecule has 0 amide bonds. The Labute approximate surface area is 93.8 Å². The number of rotatable bonds is 2. The first-order valence-corrected chi connectivity index (χ1v) is 5.74. The number of nitrogen functional groups attached to an aromatic ring is 1. The first kappa shape index (κ1) is 9.51. The van der Waals surface area contributed by atoms with Crippen LogP contribution in [0.4, 0.5) is 11.7 Å². The van der Waals surface area contributed by atoms with Crippen molar-refractivity contribution in [1.82, 2.24) is 4.98 Å². The number of hydrogen-bond donors (Lipinski definition) is 2. The van der Waals surface area contributed by atoms with Gasteiger partial charge in [0.1, 0.15) is 5.52 Å². The van der Waals surface area contributed by atoms with E-state index in [-0.39, 0.29) is 0 Å². The number of nitrogens with one attached hydrogen (secondary N) is 1. The Balaban J connectivity index is 1.90. The Hall–Kier alpha value is -1.71. The molecule has 1 fully saturated rings. The van der Waals surface area contributed by atoms with Crippen LogP contribution in [0.1, 0.15) is 25.7 Å². The van der Waals surface area contributed by atoms with Gasteiger partial charge in [0.25, 0.3) is 6.01 Å². The summed E-state index contributed by atoms with van der Waals surface area (Å²) in [5, 5.41) is 3.32. The maximum absolute atomic E-state index is 5.83. The van der Waals surface area contributed by atoms with Gasteiger partial charge < -0.3 is 15.5 Å². The predicted molar refractivity (Wildman–Crippen MR) is 64.3 cm³/mol. The second-order valence-electron chi connectivity index (χ2n) is 4.34. The van der Waals surface area contributed by atoms with Gasteiger partial charge in [-0.15, -0.1) is 0 Å². The monoisotopic (exact) mass is 217 g/mol. The van der Waals surface area contributed by atoms with Gasteiger partial charge in [0.05, 0.1) is 5.69 Å². The summed E-state index contributed by atoms with van der Waals surface area (Å²) in [5.41, 5.74) is 8.00. The molecule has 0 spiro atoms. The molecule has 4 heteroatoms. The Morgan fingerprint density at radius 3 is 2.88 bits per heavy atom. The summed E-state index contributed by atoms with van der Waals surface area (Å²) in [6.07, 6.45) is 4.99. The number of nitrogens with zero attached hydrogens (tertiary/aromatic N) is 1. The second kappa shape index (κ2) is 3.70. The van der Waals surface area contributed by atoms with Crippen LogP contribution in [0.15, 0.2) is 22.6 Å².